The predicted octanol–water partition coefficient (Wildman–Crippen LogP) is 3.22. The molecule has 2 atom stereocenters. The summed E-state index contributed by atoms with van der Waals surface area (Å²) in [6, 6.07) is 0. The van der Waals surface area contributed by atoms with Gasteiger partial charge in [-0.2, -0.15) is 0 Å². The molecule has 86 valence electrons. The van der Waals surface area contributed by atoms with Gasteiger partial charge >= 0.3 is 0 Å². The SMILES string of the molecule is CNC[C@H](C1=CCC(C(C)C)C1)C1CC1. The zero-order valence-electron chi connectivity index (χ0n) is 10.4. The average molecular weight is 207 g/mol. The van der Waals surface area contributed by atoms with Crippen LogP contribution in [-0.4, -0.2) is 13.6 Å². The molecule has 1 saturated carbocycles. The van der Waals surface area contributed by atoms with Crippen LogP contribution >= 0.6 is 0 Å². The van der Waals surface area contributed by atoms with Crippen molar-refractivity contribution in [3.8, 4) is 0 Å². The highest BCUT2D eigenvalue weighted by Crippen LogP contribution is 2.45. The van der Waals surface area contributed by atoms with E-state index in [2.05, 4.69) is 32.3 Å². The lowest BCUT2D eigenvalue weighted by atomic mass is 9.87. The molecule has 1 unspecified atom stereocenters. The molecule has 2 aliphatic carbocycles. The van der Waals surface area contributed by atoms with Gasteiger partial charge in [-0.15, -0.1) is 0 Å². The van der Waals surface area contributed by atoms with Crippen LogP contribution in [0.5, 0.6) is 0 Å². The highest BCUT2D eigenvalue weighted by atomic mass is 14.8. The molecule has 1 fully saturated rings. The van der Waals surface area contributed by atoms with Crippen LogP contribution in [0.3, 0.4) is 0 Å². The maximum Gasteiger partial charge on any atom is 0.00165 e. The van der Waals surface area contributed by atoms with Crippen molar-refractivity contribution in [2.45, 2.75) is 39.5 Å². The van der Waals surface area contributed by atoms with Gasteiger partial charge in [-0.3, -0.25) is 0 Å². The van der Waals surface area contributed by atoms with Crippen LogP contribution in [0.25, 0.3) is 0 Å². The molecule has 0 radical (unpaired) electrons. The first-order chi connectivity index (χ1) is 7.22. The van der Waals surface area contributed by atoms with Gasteiger partial charge in [0.05, 0.1) is 0 Å². The highest BCUT2D eigenvalue weighted by molar-refractivity contribution is 5.17. The van der Waals surface area contributed by atoms with Gasteiger partial charge in [0.15, 0.2) is 0 Å². The number of hydrogen-bond donors (Lipinski definition) is 1. The van der Waals surface area contributed by atoms with Gasteiger partial charge in [-0.05, 0) is 56.4 Å². The van der Waals surface area contributed by atoms with E-state index in [9.17, 15) is 0 Å². The summed E-state index contributed by atoms with van der Waals surface area (Å²) in [5.41, 5.74) is 1.77. The molecule has 2 aliphatic rings. The lowest BCUT2D eigenvalue weighted by Gasteiger charge is -2.20. The maximum absolute atomic E-state index is 3.37. The first-order valence-electron chi connectivity index (χ1n) is 6.56. The van der Waals surface area contributed by atoms with Crippen molar-refractivity contribution in [1.82, 2.24) is 5.32 Å². The summed E-state index contributed by atoms with van der Waals surface area (Å²) in [7, 11) is 2.09. The highest BCUT2D eigenvalue weighted by Gasteiger charge is 2.35. The summed E-state index contributed by atoms with van der Waals surface area (Å²) in [6.45, 7) is 5.93. The Kier molecular flexibility index (Phi) is 3.50. The lowest BCUT2D eigenvalue weighted by molar-refractivity contribution is 0.387. The van der Waals surface area contributed by atoms with Crippen molar-refractivity contribution in [3.63, 3.8) is 0 Å². The van der Waals surface area contributed by atoms with Gasteiger partial charge in [-0.25, -0.2) is 0 Å². The summed E-state index contributed by atoms with van der Waals surface area (Å²) in [6.07, 6.45) is 8.19. The summed E-state index contributed by atoms with van der Waals surface area (Å²) >= 11 is 0. The van der Waals surface area contributed by atoms with E-state index in [1.165, 1.54) is 32.2 Å². The topological polar surface area (TPSA) is 12.0 Å². The minimum atomic E-state index is 0.855. The normalized spacial score (nSPS) is 28.3. The van der Waals surface area contributed by atoms with Gasteiger partial charge in [-0.1, -0.05) is 25.5 Å². The zero-order chi connectivity index (χ0) is 10.8. The quantitative estimate of drug-likeness (QED) is 0.683. The van der Waals surface area contributed by atoms with Crippen molar-refractivity contribution in [1.29, 1.82) is 0 Å². The molecule has 0 aliphatic heterocycles. The third-order valence-electron chi connectivity index (χ3n) is 4.21. The van der Waals surface area contributed by atoms with Crippen molar-refractivity contribution in [3.05, 3.63) is 11.6 Å². The molecule has 1 nitrogen and oxygen atoms in total. The van der Waals surface area contributed by atoms with Crippen LogP contribution in [0.4, 0.5) is 0 Å². The molecule has 0 aromatic heterocycles. The fourth-order valence-corrected chi connectivity index (χ4v) is 2.90. The molecular weight excluding hydrogens is 182 g/mol. The van der Waals surface area contributed by atoms with Gasteiger partial charge in [0.1, 0.15) is 0 Å². The fourth-order valence-electron chi connectivity index (χ4n) is 2.90. The summed E-state index contributed by atoms with van der Waals surface area (Å²) in [5.74, 6) is 3.65. The van der Waals surface area contributed by atoms with E-state index in [0.29, 0.717) is 0 Å². The number of rotatable bonds is 5. The third kappa shape index (κ3) is 2.63. The molecule has 0 amide bonds. The Labute approximate surface area is 94.3 Å². The van der Waals surface area contributed by atoms with Crippen molar-refractivity contribution in [2.24, 2.45) is 23.7 Å². The van der Waals surface area contributed by atoms with Crippen molar-refractivity contribution < 1.29 is 0 Å². The number of allylic oxidation sites excluding steroid dienone is 1. The van der Waals surface area contributed by atoms with Gasteiger partial charge < -0.3 is 5.32 Å². The standard InChI is InChI=1S/C14H25N/c1-10(2)12-6-7-13(8-12)14(9-15-3)11-4-5-11/h7,10-12,14-15H,4-6,8-9H2,1-3H3/t12?,14-/m0/s1. The van der Waals surface area contributed by atoms with Crippen LogP contribution in [0.1, 0.15) is 39.5 Å². The maximum atomic E-state index is 3.37. The molecule has 1 N–H and O–H groups in total. The first-order valence-corrected chi connectivity index (χ1v) is 6.56. The summed E-state index contributed by atoms with van der Waals surface area (Å²) in [5, 5.41) is 3.37. The molecule has 0 aromatic rings. The fraction of sp³-hybridized carbons (Fsp3) is 0.857. The molecule has 0 saturated heterocycles. The Balaban J connectivity index is 1.92. The molecule has 0 bridgehead atoms. The summed E-state index contributed by atoms with van der Waals surface area (Å²) < 4.78 is 0. The number of nitrogens with one attached hydrogen (secondary N) is 1. The van der Waals surface area contributed by atoms with Crippen molar-refractivity contribution in [2.75, 3.05) is 13.6 Å². The molecule has 0 spiro atoms. The molecule has 1 heteroatoms. The number of hydrogen-bond acceptors (Lipinski definition) is 1. The second-order valence-electron chi connectivity index (χ2n) is 5.72. The van der Waals surface area contributed by atoms with Gasteiger partial charge in [0.25, 0.3) is 0 Å². The Morgan fingerprint density at radius 1 is 1.33 bits per heavy atom. The molecule has 15 heavy (non-hydrogen) atoms. The minimum Gasteiger partial charge on any atom is -0.319 e. The van der Waals surface area contributed by atoms with Crippen molar-refractivity contribution >= 4 is 0 Å². The van der Waals surface area contributed by atoms with E-state index >= 15 is 0 Å². The Morgan fingerprint density at radius 3 is 2.53 bits per heavy atom. The van der Waals surface area contributed by atoms with Gasteiger partial charge in [0.2, 0.25) is 0 Å². The lowest BCUT2D eigenvalue weighted by Crippen LogP contribution is -2.22. The monoisotopic (exact) mass is 207 g/mol. The average Bonchev–Trinajstić information content (AvgIpc) is 2.91. The smallest absolute Gasteiger partial charge is 0.00165 e. The first kappa shape index (κ1) is 11.2. The molecule has 0 heterocycles. The summed E-state index contributed by atoms with van der Waals surface area (Å²) in [4.78, 5) is 0. The van der Waals surface area contributed by atoms with E-state index in [-0.39, 0.29) is 0 Å². The Morgan fingerprint density at radius 2 is 2.07 bits per heavy atom. The molecular formula is C14H25N. The van der Waals surface area contributed by atoms with Crippen LogP contribution in [-0.2, 0) is 0 Å². The minimum absolute atomic E-state index is 0.855. The van der Waals surface area contributed by atoms with E-state index < -0.39 is 0 Å². The van der Waals surface area contributed by atoms with Crippen LogP contribution in [0.2, 0.25) is 0 Å². The van der Waals surface area contributed by atoms with E-state index in [1.54, 1.807) is 5.57 Å². The van der Waals surface area contributed by atoms with Crippen LogP contribution < -0.4 is 5.32 Å². The third-order valence-corrected chi connectivity index (χ3v) is 4.21. The zero-order valence-corrected chi connectivity index (χ0v) is 10.4. The largest absolute Gasteiger partial charge is 0.319 e. The molecule has 0 aromatic carbocycles. The second-order valence-corrected chi connectivity index (χ2v) is 5.72. The second kappa shape index (κ2) is 4.69. The van der Waals surface area contributed by atoms with E-state index in [4.69, 9.17) is 0 Å². The molecule has 2 rings (SSSR count). The Hall–Kier alpha value is -0.300. The van der Waals surface area contributed by atoms with Crippen LogP contribution in [0, 0.1) is 23.7 Å². The predicted molar refractivity (Wildman–Crippen MR) is 65.8 cm³/mol. The van der Waals surface area contributed by atoms with E-state index in [1.807, 2.05) is 0 Å². The Bertz CT molecular complexity index is 238. The van der Waals surface area contributed by atoms with Gasteiger partial charge in [0, 0.05) is 6.54 Å². The van der Waals surface area contributed by atoms with E-state index in [0.717, 1.165) is 23.7 Å². The van der Waals surface area contributed by atoms with Crippen LogP contribution in [0.15, 0.2) is 11.6 Å².